The maximum Gasteiger partial charge on any atom is 0.0792 e. The van der Waals surface area contributed by atoms with E-state index in [2.05, 4.69) is 43.0 Å². The van der Waals surface area contributed by atoms with Crippen LogP contribution < -0.4 is 0 Å². The van der Waals surface area contributed by atoms with E-state index < -0.39 is 0 Å². The monoisotopic (exact) mass is 206 g/mol. The summed E-state index contributed by atoms with van der Waals surface area (Å²) in [6.45, 7) is 5.03. The summed E-state index contributed by atoms with van der Waals surface area (Å²) in [5.41, 5.74) is 4.04. The van der Waals surface area contributed by atoms with Crippen LogP contribution in [0.5, 0.6) is 0 Å². The van der Waals surface area contributed by atoms with Crippen LogP contribution in [0.4, 0.5) is 0 Å². The van der Waals surface area contributed by atoms with Gasteiger partial charge in [0.15, 0.2) is 0 Å². The number of ether oxygens (including phenoxy) is 1. The molecular weight excluding hydrogens is 188 g/mol. The van der Waals surface area contributed by atoms with Crippen molar-refractivity contribution in [2.45, 2.75) is 19.6 Å². The number of hydrogen-bond acceptors (Lipinski definition) is 1. The van der Waals surface area contributed by atoms with Crippen molar-refractivity contribution < 1.29 is 4.74 Å². The summed E-state index contributed by atoms with van der Waals surface area (Å²) < 4.78 is 5.49. The zero-order valence-corrected chi connectivity index (χ0v) is 10.4. The Balaban J connectivity index is 2.34. The summed E-state index contributed by atoms with van der Waals surface area (Å²) in [6, 6.07) is 10.4. The van der Waals surface area contributed by atoms with E-state index in [-0.39, 0.29) is 9.52 Å². The first kappa shape index (κ1) is 11.2. The maximum absolute atomic E-state index is 5.49. The summed E-state index contributed by atoms with van der Waals surface area (Å²) >= 11 is 0. The first-order valence-corrected chi connectivity index (χ1v) is 6.79. The van der Waals surface area contributed by atoms with E-state index in [1.165, 1.54) is 5.56 Å². The molecule has 0 aromatic heterocycles. The van der Waals surface area contributed by atoms with Crippen molar-refractivity contribution in [2.75, 3.05) is 6.61 Å². The lowest BCUT2D eigenvalue weighted by atomic mass is 10.2. The molecule has 0 N–H and O–H groups in total. The third kappa shape index (κ3) is 4.39. The van der Waals surface area contributed by atoms with Gasteiger partial charge in [0.1, 0.15) is 0 Å². The fourth-order valence-corrected chi connectivity index (χ4v) is 2.48. The van der Waals surface area contributed by atoms with Crippen LogP contribution in [-0.2, 0) is 4.74 Å². The van der Waals surface area contributed by atoms with E-state index in [9.17, 15) is 0 Å². The molecule has 0 saturated heterocycles. The third-order valence-electron chi connectivity index (χ3n) is 2.03. The van der Waals surface area contributed by atoms with Crippen LogP contribution >= 0.6 is 0 Å². The van der Waals surface area contributed by atoms with Crippen molar-refractivity contribution >= 4 is 15.6 Å². The molecule has 76 valence electrons. The minimum Gasteiger partial charge on any atom is -0.382 e. The predicted octanol–water partition coefficient (Wildman–Crippen LogP) is 2.21. The Morgan fingerprint density at radius 2 is 2.07 bits per heavy atom. The SMILES string of the molecule is CCOC(C)[SiH2]C=Cc1ccccc1. The largest absolute Gasteiger partial charge is 0.382 e. The molecule has 0 fully saturated rings. The second kappa shape index (κ2) is 6.57. The molecule has 1 aromatic carbocycles. The molecule has 1 unspecified atom stereocenters. The van der Waals surface area contributed by atoms with Crippen molar-refractivity contribution in [1.29, 1.82) is 0 Å². The lowest BCUT2D eigenvalue weighted by molar-refractivity contribution is 0.130. The van der Waals surface area contributed by atoms with Crippen LogP contribution in [0.25, 0.3) is 6.08 Å². The van der Waals surface area contributed by atoms with Crippen molar-refractivity contribution in [1.82, 2.24) is 0 Å². The summed E-state index contributed by atoms with van der Waals surface area (Å²) in [6.07, 6.45) is 2.20. The van der Waals surface area contributed by atoms with Crippen LogP contribution in [0.3, 0.4) is 0 Å². The van der Waals surface area contributed by atoms with Gasteiger partial charge in [-0.05, 0) is 19.4 Å². The van der Waals surface area contributed by atoms with Gasteiger partial charge in [0.25, 0.3) is 0 Å². The van der Waals surface area contributed by atoms with Crippen LogP contribution in [0, 0.1) is 0 Å². The molecule has 0 amide bonds. The summed E-state index contributed by atoms with van der Waals surface area (Å²) in [5, 5.41) is 0. The van der Waals surface area contributed by atoms with E-state index in [1.807, 2.05) is 13.0 Å². The molecule has 0 heterocycles. The van der Waals surface area contributed by atoms with Crippen molar-refractivity contribution in [3.05, 3.63) is 41.6 Å². The summed E-state index contributed by atoms with van der Waals surface area (Å²) in [5.74, 6) is 0. The molecule has 0 saturated carbocycles. The lowest BCUT2D eigenvalue weighted by Gasteiger charge is -2.06. The van der Waals surface area contributed by atoms with Crippen LogP contribution in [0.1, 0.15) is 19.4 Å². The van der Waals surface area contributed by atoms with Crippen molar-refractivity contribution in [3.8, 4) is 0 Å². The molecule has 0 aliphatic carbocycles. The van der Waals surface area contributed by atoms with Gasteiger partial charge in [-0.2, -0.15) is 0 Å². The van der Waals surface area contributed by atoms with E-state index in [0.717, 1.165) is 6.61 Å². The van der Waals surface area contributed by atoms with E-state index >= 15 is 0 Å². The molecule has 1 aromatic rings. The Labute approximate surface area is 88.6 Å². The topological polar surface area (TPSA) is 9.23 Å². The molecule has 0 aliphatic rings. The molecule has 14 heavy (non-hydrogen) atoms. The molecule has 0 aliphatic heterocycles. The highest BCUT2D eigenvalue weighted by atomic mass is 28.2. The fourth-order valence-electron chi connectivity index (χ4n) is 1.31. The van der Waals surface area contributed by atoms with E-state index in [4.69, 9.17) is 4.74 Å². The van der Waals surface area contributed by atoms with Crippen LogP contribution in [0.15, 0.2) is 36.0 Å². The highest BCUT2D eigenvalue weighted by molar-refractivity contribution is 6.44. The summed E-state index contributed by atoms with van der Waals surface area (Å²) in [4.78, 5) is 0. The Hall–Kier alpha value is -0.863. The van der Waals surface area contributed by atoms with Gasteiger partial charge in [-0.1, -0.05) is 42.1 Å². The second-order valence-corrected chi connectivity index (χ2v) is 5.41. The van der Waals surface area contributed by atoms with Gasteiger partial charge in [-0.25, -0.2) is 0 Å². The Kier molecular flexibility index (Phi) is 5.26. The smallest absolute Gasteiger partial charge is 0.0792 e. The molecule has 1 atom stereocenters. The predicted molar refractivity (Wildman–Crippen MR) is 65.1 cm³/mol. The third-order valence-corrected chi connectivity index (χ3v) is 3.44. The molecule has 1 rings (SSSR count). The zero-order chi connectivity index (χ0) is 10.2. The quantitative estimate of drug-likeness (QED) is 0.671. The Bertz CT molecular complexity index is 269. The molecule has 0 bridgehead atoms. The van der Waals surface area contributed by atoms with Gasteiger partial charge in [-0.15, -0.1) is 0 Å². The van der Waals surface area contributed by atoms with Gasteiger partial charge < -0.3 is 4.74 Å². The normalized spacial score (nSPS) is 14.1. The van der Waals surface area contributed by atoms with E-state index in [0.29, 0.717) is 5.73 Å². The maximum atomic E-state index is 5.49. The second-order valence-electron chi connectivity index (χ2n) is 3.31. The van der Waals surface area contributed by atoms with Crippen LogP contribution in [-0.4, -0.2) is 21.9 Å². The molecule has 1 nitrogen and oxygen atoms in total. The number of hydrogen-bond donors (Lipinski definition) is 0. The van der Waals surface area contributed by atoms with Crippen molar-refractivity contribution in [3.63, 3.8) is 0 Å². The number of benzene rings is 1. The fraction of sp³-hybridized carbons (Fsp3) is 0.333. The van der Waals surface area contributed by atoms with Crippen molar-refractivity contribution in [2.24, 2.45) is 0 Å². The highest BCUT2D eigenvalue weighted by Crippen LogP contribution is 2.00. The number of rotatable bonds is 5. The average molecular weight is 206 g/mol. The lowest BCUT2D eigenvalue weighted by Crippen LogP contribution is -2.14. The molecule has 0 spiro atoms. The van der Waals surface area contributed by atoms with E-state index in [1.54, 1.807) is 0 Å². The van der Waals surface area contributed by atoms with Gasteiger partial charge in [0.2, 0.25) is 0 Å². The first-order valence-electron chi connectivity index (χ1n) is 5.16. The molecule has 0 radical (unpaired) electrons. The van der Waals surface area contributed by atoms with Gasteiger partial charge >= 0.3 is 0 Å². The standard InChI is InChI=1S/C12H18OSi/c1-3-13-11(2)14-10-9-12-7-5-4-6-8-12/h4-11H,3,14H2,1-2H3. The minimum absolute atomic E-state index is 0.222. The molecule has 2 heteroatoms. The zero-order valence-electron chi connectivity index (χ0n) is 8.94. The summed E-state index contributed by atoms with van der Waals surface area (Å²) in [7, 11) is -0.222. The Morgan fingerprint density at radius 1 is 1.36 bits per heavy atom. The van der Waals surface area contributed by atoms with Gasteiger partial charge in [0, 0.05) is 12.3 Å². The Morgan fingerprint density at radius 3 is 2.71 bits per heavy atom. The van der Waals surface area contributed by atoms with Gasteiger partial charge in [-0.3, -0.25) is 0 Å². The highest BCUT2D eigenvalue weighted by Gasteiger charge is 1.96. The van der Waals surface area contributed by atoms with Gasteiger partial charge in [0.05, 0.1) is 9.52 Å². The van der Waals surface area contributed by atoms with Crippen LogP contribution in [0.2, 0.25) is 0 Å². The average Bonchev–Trinajstić information content (AvgIpc) is 2.20. The first-order chi connectivity index (χ1) is 6.83. The minimum atomic E-state index is -0.222. The molecular formula is C12H18OSi.